The van der Waals surface area contributed by atoms with E-state index in [1.807, 2.05) is 37.2 Å². The van der Waals surface area contributed by atoms with Crippen molar-refractivity contribution in [2.24, 2.45) is 0 Å². The van der Waals surface area contributed by atoms with E-state index in [1.165, 1.54) is 0 Å². The number of ether oxygens (including phenoxy) is 2. The average molecular weight is 337 g/mol. The zero-order valence-corrected chi connectivity index (χ0v) is 15.6. The number of unbranched alkanes of at least 4 members (excludes halogenated alkanes) is 1. The lowest BCUT2D eigenvalue weighted by molar-refractivity contribution is -0.297. The van der Waals surface area contributed by atoms with Crippen molar-refractivity contribution in [3.8, 4) is 5.75 Å². The molecule has 0 spiro atoms. The molecule has 0 N–H and O–H groups in total. The number of rotatable bonds is 12. The smallest absolute Gasteiger partial charge is 0.119 e. The summed E-state index contributed by atoms with van der Waals surface area (Å²) >= 11 is 0. The molecule has 1 rings (SSSR count). The molecule has 1 atom stereocenters. The van der Waals surface area contributed by atoms with Crippen molar-refractivity contribution in [2.75, 3.05) is 46.4 Å². The SMILES string of the molecule is C=C(COOCC(CCCC)OC)c1cc(OC)ccc1N(C)C. The van der Waals surface area contributed by atoms with Gasteiger partial charge in [-0.15, -0.1) is 0 Å². The first-order chi connectivity index (χ1) is 11.5. The van der Waals surface area contributed by atoms with Crippen LogP contribution in [0.4, 0.5) is 5.69 Å². The number of hydrogen-bond donors (Lipinski definition) is 0. The maximum Gasteiger partial charge on any atom is 0.119 e. The van der Waals surface area contributed by atoms with E-state index < -0.39 is 0 Å². The van der Waals surface area contributed by atoms with Gasteiger partial charge in [-0.05, 0) is 30.2 Å². The van der Waals surface area contributed by atoms with Gasteiger partial charge in [0.2, 0.25) is 0 Å². The zero-order valence-electron chi connectivity index (χ0n) is 15.6. The predicted octanol–water partition coefficient (Wildman–Crippen LogP) is 3.93. The number of anilines is 1. The molecule has 0 amide bonds. The van der Waals surface area contributed by atoms with Crippen LogP contribution in [0.3, 0.4) is 0 Å². The topological polar surface area (TPSA) is 40.2 Å². The number of nitrogens with zero attached hydrogens (tertiary/aromatic N) is 1. The van der Waals surface area contributed by atoms with Gasteiger partial charge in [0.15, 0.2) is 0 Å². The highest BCUT2D eigenvalue weighted by Crippen LogP contribution is 2.29. The Hall–Kier alpha value is -1.56. The van der Waals surface area contributed by atoms with E-state index in [0.29, 0.717) is 6.61 Å². The molecule has 0 saturated carbocycles. The average Bonchev–Trinajstić information content (AvgIpc) is 2.60. The van der Waals surface area contributed by atoms with E-state index in [9.17, 15) is 0 Å². The number of benzene rings is 1. The highest BCUT2D eigenvalue weighted by atomic mass is 17.2. The molecule has 0 fully saturated rings. The van der Waals surface area contributed by atoms with Crippen LogP contribution in [0.1, 0.15) is 31.7 Å². The summed E-state index contributed by atoms with van der Waals surface area (Å²) in [4.78, 5) is 12.7. The first-order valence-electron chi connectivity index (χ1n) is 8.34. The summed E-state index contributed by atoms with van der Waals surface area (Å²) in [6.45, 7) is 6.98. The summed E-state index contributed by atoms with van der Waals surface area (Å²) < 4.78 is 10.7. The van der Waals surface area contributed by atoms with Gasteiger partial charge >= 0.3 is 0 Å². The van der Waals surface area contributed by atoms with Crippen LogP contribution < -0.4 is 9.64 Å². The molecule has 0 aliphatic heterocycles. The standard InChI is InChI=1S/C19H31NO4/c1-7-8-9-17(22-6)14-24-23-13-15(2)18-12-16(21-5)10-11-19(18)20(3)4/h10-12,17H,2,7-9,13-14H2,1,3-6H3. The van der Waals surface area contributed by atoms with Crippen LogP contribution >= 0.6 is 0 Å². The van der Waals surface area contributed by atoms with Crippen LogP contribution in [0.15, 0.2) is 24.8 Å². The molecule has 0 heterocycles. The van der Waals surface area contributed by atoms with Crippen LogP contribution in [0.2, 0.25) is 0 Å². The summed E-state index contributed by atoms with van der Waals surface area (Å²) in [5.41, 5.74) is 2.87. The van der Waals surface area contributed by atoms with Crippen molar-refractivity contribution in [3.05, 3.63) is 30.3 Å². The lowest BCUT2D eigenvalue weighted by atomic mass is 10.0. The Morgan fingerprint density at radius 1 is 1.21 bits per heavy atom. The monoisotopic (exact) mass is 337 g/mol. The highest BCUT2D eigenvalue weighted by molar-refractivity contribution is 5.77. The Morgan fingerprint density at radius 2 is 1.96 bits per heavy atom. The minimum absolute atomic E-state index is 0.0624. The van der Waals surface area contributed by atoms with Crippen molar-refractivity contribution in [1.82, 2.24) is 0 Å². The normalized spacial score (nSPS) is 12.0. The van der Waals surface area contributed by atoms with Crippen LogP contribution in [0.5, 0.6) is 5.75 Å². The van der Waals surface area contributed by atoms with Gasteiger partial charge < -0.3 is 14.4 Å². The van der Waals surface area contributed by atoms with E-state index in [-0.39, 0.29) is 12.7 Å². The molecule has 1 aromatic carbocycles. The van der Waals surface area contributed by atoms with Crippen molar-refractivity contribution in [3.63, 3.8) is 0 Å². The molecule has 0 radical (unpaired) electrons. The third kappa shape index (κ3) is 6.51. The van der Waals surface area contributed by atoms with Gasteiger partial charge in [-0.3, -0.25) is 0 Å². The fraction of sp³-hybridized carbons (Fsp3) is 0.579. The molecular weight excluding hydrogens is 306 g/mol. The summed E-state index contributed by atoms with van der Waals surface area (Å²) in [6.07, 6.45) is 3.29. The molecule has 24 heavy (non-hydrogen) atoms. The van der Waals surface area contributed by atoms with Crippen molar-refractivity contribution in [2.45, 2.75) is 32.3 Å². The van der Waals surface area contributed by atoms with Gasteiger partial charge in [0.05, 0.1) is 13.2 Å². The van der Waals surface area contributed by atoms with Crippen molar-refractivity contribution in [1.29, 1.82) is 0 Å². The third-order valence-corrected chi connectivity index (χ3v) is 3.85. The second-order valence-corrected chi connectivity index (χ2v) is 5.93. The molecular formula is C19H31NO4. The van der Waals surface area contributed by atoms with Gasteiger partial charge in [-0.1, -0.05) is 26.3 Å². The first-order valence-corrected chi connectivity index (χ1v) is 8.34. The summed E-state index contributed by atoms with van der Waals surface area (Å²) in [5.74, 6) is 0.789. The van der Waals surface area contributed by atoms with E-state index in [4.69, 9.17) is 19.2 Å². The van der Waals surface area contributed by atoms with E-state index in [2.05, 4.69) is 13.5 Å². The molecule has 0 bridgehead atoms. The van der Waals surface area contributed by atoms with Gasteiger partial charge in [0.25, 0.3) is 0 Å². The van der Waals surface area contributed by atoms with Crippen LogP contribution in [-0.2, 0) is 14.5 Å². The summed E-state index contributed by atoms with van der Waals surface area (Å²) in [7, 11) is 7.33. The number of methoxy groups -OCH3 is 2. The lowest BCUT2D eigenvalue weighted by Gasteiger charge is -2.20. The number of hydrogen-bond acceptors (Lipinski definition) is 5. The Balaban J connectivity index is 2.56. The van der Waals surface area contributed by atoms with E-state index >= 15 is 0 Å². The Labute approximate surface area is 146 Å². The summed E-state index contributed by atoms with van der Waals surface area (Å²) in [6, 6.07) is 5.90. The first kappa shape index (κ1) is 20.5. The molecule has 1 unspecified atom stereocenters. The minimum atomic E-state index is 0.0624. The molecule has 0 aliphatic carbocycles. The van der Waals surface area contributed by atoms with E-state index in [1.54, 1.807) is 14.2 Å². The van der Waals surface area contributed by atoms with Gasteiger partial charge in [0.1, 0.15) is 19.0 Å². The van der Waals surface area contributed by atoms with Crippen molar-refractivity contribution < 1.29 is 19.2 Å². The van der Waals surface area contributed by atoms with Crippen LogP contribution in [0.25, 0.3) is 5.57 Å². The van der Waals surface area contributed by atoms with Crippen molar-refractivity contribution >= 4 is 11.3 Å². The largest absolute Gasteiger partial charge is 0.497 e. The van der Waals surface area contributed by atoms with E-state index in [0.717, 1.165) is 41.8 Å². The Bertz CT molecular complexity index is 502. The zero-order chi connectivity index (χ0) is 17.9. The molecule has 136 valence electrons. The lowest BCUT2D eigenvalue weighted by Crippen LogP contribution is -2.19. The van der Waals surface area contributed by atoms with Crippen LogP contribution in [0, 0.1) is 0 Å². The molecule has 0 aromatic heterocycles. The fourth-order valence-corrected chi connectivity index (χ4v) is 2.33. The summed E-state index contributed by atoms with van der Waals surface area (Å²) in [5, 5.41) is 0. The molecule has 5 heteroatoms. The Kier molecular flexibility index (Phi) is 9.45. The minimum Gasteiger partial charge on any atom is -0.497 e. The molecule has 5 nitrogen and oxygen atoms in total. The van der Waals surface area contributed by atoms with Gasteiger partial charge in [0, 0.05) is 32.5 Å². The third-order valence-electron chi connectivity index (χ3n) is 3.85. The van der Waals surface area contributed by atoms with Gasteiger partial charge in [-0.2, -0.15) is 0 Å². The molecule has 0 saturated heterocycles. The maximum atomic E-state index is 5.37. The fourth-order valence-electron chi connectivity index (χ4n) is 2.33. The maximum absolute atomic E-state index is 5.37. The van der Waals surface area contributed by atoms with Crippen LogP contribution in [-0.4, -0.2) is 47.6 Å². The second kappa shape index (κ2) is 11.1. The second-order valence-electron chi connectivity index (χ2n) is 5.93. The highest BCUT2D eigenvalue weighted by Gasteiger charge is 2.12. The molecule has 1 aromatic rings. The molecule has 0 aliphatic rings. The predicted molar refractivity (Wildman–Crippen MR) is 98.6 cm³/mol. The quantitative estimate of drug-likeness (QED) is 0.328. The Morgan fingerprint density at radius 3 is 2.54 bits per heavy atom. The van der Waals surface area contributed by atoms with Gasteiger partial charge in [-0.25, -0.2) is 9.78 Å².